The minimum absolute atomic E-state index is 0.160. The Morgan fingerprint density at radius 3 is 2.53 bits per heavy atom. The van der Waals surface area contributed by atoms with Crippen molar-refractivity contribution in [3.05, 3.63) is 48.0 Å². The number of likely N-dealkylation sites (N-methyl/N-ethyl adjacent to an activating group) is 1. The van der Waals surface area contributed by atoms with Gasteiger partial charge in [-0.25, -0.2) is 13.4 Å². The number of aromatic nitrogens is 1. The van der Waals surface area contributed by atoms with E-state index in [-0.39, 0.29) is 10.8 Å². The average molecular weight is 531 g/mol. The number of anilines is 1. The number of methoxy groups -OCH3 is 1. The molecule has 1 unspecified atom stereocenters. The molecule has 0 bridgehead atoms. The lowest BCUT2D eigenvalue weighted by atomic mass is 10.2. The van der Waals surface area contributed by atoms with E-state index < -0.39 is 16.1 Å². The summed E-state index contributed by atoms with van der Waals surface area (Å²) in [6.07, 6.45) is 1.12. The predicted octanol–water partition coefficient (Wildman–Crippen LogP) is 4.14. The van der Waals surface area contributed by atoms with Crippen LogP contribution in [-0.2, 0) is 14.8 Å². The molecule has 10 heteroatoms. The molecule has 2 heterocycles. The van der Waals surface area contributed by atoms with Gasteiger partial charge in [-0.3, -0.25) is 9.69 Å². The van der Waals surface area contributed by atoms with E-state index in [0.29, 0.717) is 43.4 Å². The monoisotopic (exact) mass is 530 g/mol. The van der Waals surface area contributed by atoms with Crippen LogP contribution in [0, 0.1) is 6.92 Å². The molecule has 1 atom stereocenters. The number of carbonyl (C=O) groups is 1. The zero-order chi connectivity index (χ0) is 25.9. The van der Waals surface area contributed by atoms with Gasteiger partial charge in [-0.2, -0.15) is 4.31 Å². The van der Waals surface area contributed by atoms with E-state index in [1.807, 2.05) is 19.1 Å². The molecule has 3 aromatic rings. The molecular weight excluding hydrogens is 496 g/mol. The van der Waals surface area contributed by atoms with Gasteiger partial charge in [0, 0.05) is 19.6 Å². The lowest BCUT2D eigenvalue weighted by molar-refractivity contribution is -0.121. The lowest BCUT2D eigenvalue weighted by Crippen LogP contribution is -2.49. The van der Waals surface area contributed by atoms with Gasteiger partial charge in [-0.05, 0) is 74.8 Å². The van der Waals surface area contributed by atoms with Gasteiger partial charge in [-0.15, -0.1) is 0 Å². The van der Waals surface area contributed by atoms with E-state index in [1.54, 1.807) is 17.0 Å². The second-order valence-electron chi connectivity index (χ2n) is 8.93. The number of benzene rings is 2. The van der Waals surface area contributed by atoms with Crippen LogP contribution in [-0.4, -0.2) is 74.4 Å². The van der Waals surface area contributed by atoms with Crippen molar-refractivity contribution in [3.63, 3.8) is 0 Å². The third kappa shape index (κ3) is 5.41. The molecule has 1 amide bonds. The molecule has 1 aliphatic rings. The molecule has 194 valence electrons. The van der Waals surface area contributed by atoms with Crippen molar-refractivity contribution in [3.8, 4) is 5.75 Å². The number of fused-ring (bicyclic) bond motifs is 1. The summed E-state index contributed by atoms with van der Waals surface area (Å²) in [5.74, 6) is 0.365. The van der Waals surface area contributed by atoms with E-state index in [0.717, 1.165) is 28.9 Å². The smallest absolute Gasteiger partial charge is 0.247 e. The van der Waals surface area contributed by atoms with Gasteiger partial charge in [0.05, 0.1) is 22.2 Å². The molecule has 0 saturated carbocycles. The minimum Gasteiger partial charge on any atom is -0.497 e. The van der Waals surface area contributed by atoms with Gasteiger partial charge >= 0.3 is 0 Å². The molecule has 36 heavy (non-hydrogen) atoms. The average Bonchev–Trinajstić information content (AvgIpc) is 3.54. The number of rotatable bonds is 10. The number of nitrogens with zero attached hydrogens (tertiary/aromatic N) is 4. The first-order valence-corrected chi connectivity index (χ1v) is 14.6. The van der Waals surface area contributed by atoms with Crippen molar-refractivity contribution in [2.24, 2.45) is 0 Å². The quantitative estimate of drug-likeness (QED) is 0.392. The van der Waals surface area contributed by atoms with Gasteiger partial charge in [0.1, 0.15) is 11.8 Å². The van der Waals surface area contributed by atoms with Crippen LogP contribution in [0.15, 0.2) is 47.4 Å². The highest BCUT2D eigenvalue weighted by Crippen LogP contribution is 2.33. The van der Waals surface area contributed by atoms with E-state index in [4.69, 9.17) is 9.72 Å². The zero-order valence-electron chi connectivity index (χ0n) is 21.3. The summed E-state index contributed by atoms with van der Waals surface area (Å²) in [5, 5.41) is 0.612. The van der Waals surface area contributed by atoms with Gasteiger partial charge in [0.15, 0.2) is 5.13 Å². The number of carbonyl (C=O) groups excluding carboxylic acids is 1. The summed E-state index contributed by atoms with van der Waals surface area (Å²) >= 11 is 1.48. The molecule has 2 aromatic carbocycles. The summed E-state index contributed by atoms with van der Waals surface area (Å²) in [6.45, 7) is 9.42. The molecule has 1 fully saturated rings. The highest BCUT2D eigenvalue weighted by molar-refractivity contribution is 7.89. The van der Waals surface area contributed by atoms with Gasteiger partial charge in [0.25, 0.3) is 0 Å². The second kappa shape index (κ2) is 11.2. The molecule has 0 radical (unpaired) electrons. The molecule has 0 spiro atoms. The maximum Gasteiger partial charge on any atom is 0.247 e. The number of aryl methyl sites for hydroxylation is 1. The second-order valence-corrected chi connectivity index (χ2v) is 11.8. The van der Waals surface area contributed by atoms with Gasteiger partial charge in [-0.1, -0.05) is 31.3 Å². The number of amides is 1. The van der Waals surface area contributed by atoms with Crippen molar-refractivity contribution in [1.29, 1.82) is 0 Å². The number of sulfonamides is 1. The lowest BCUT2D eigenvalue weighted by Gasteiger charge is -2.30. The van der Waals surface area contributed by atoms with Crippen LogP contribution >= 0.6 is 11.3 Å². The van der Waals surface area contributed by atoms with Crippen LogP contribution in [0.5, 0.6) is 5.75 Å². The minimum atomic E-state index is -3.84. The zero-order valence-corrected chi connectivity index (χ0v) is 22.9. The Morgan fingerprint density at radius 2 is 1.86 bits per heavy atom. The maximum atomic E-state index is 14.0. The first kappa shape index (κ1) is 26.5. The molecule has 1 aliphatic heterocycles. The standard InChI is InChI=1S/C26H34N4O4S2/c1-5-28(6-2)16-17-29(26-27-22-14-9-19(3)18-24(22)35-26)25(31)23-8-7-15-30(23)36(32,33)21-12-10-20(34-4)11-13-21/h9-14,18,23H,5-8,15-17H2,1-4H3. The molecule has 1 aromatic heterocycles. The van der Waals surface area contributed by atoms with E-state index in [9.17, 15) is 13.2 Å². The summed E-state index contributed by atoms with van der Waals surface area (Å²) in [4.78, 5) is 22.9. The van der Waals surface area contributed by atoms with Gasteiger partial charge < -0.3 is 9.64 Å². The highest BCUT2D eigenvalue weighted by Gasteiger charge is 2.42. The fourth-order valence-electron chi connectivity index (χ4n) is 4.55. The Hall–Kier alpha value is -2.53. The van der Waals surface area contributed by atoms with Crippen molar-refractivity contribution in [2.45, 2.75) is 44.6 Å². The summed E-state index contributed by atoms with van der Waals surface area (Å²) in [6, 6.07) is 11.6. The third-order valence-electron chi connectivity index (χ3n) is 6.72. The van der Waals surface area contributed by atoms with E-state index >= 15 is 0 Å². The SMILES string of the molecule is CCN(CC)CCN(C(=O)C1CCCN1S(=O)(=O)c1ccc(OC)cc1)c1nc2ccc(C)cc2s1. The van der Waals surface area contributed by atoms with Gasteiger partial charge in [0.2, 0.25) is 15.9 Å². The van der Waals surface area contributed by atoms with Crippen LogP contribution < -0.4 is 9.64 Å². The fraction of sp³-hybridized carbons (Fsp3) is 0.462. The fourth-order valence-corrected chi connectivity index (χ4v) is 7.30. The number of ether oxygens (including phenoxy) is 1. The van der Waals surface area contributed by atoms with Crippen LogP contribution in [0.3, 0.4) is 0 Å². The normalized spacial score (nSPS) is 16.6. The Morgan fingerprint density at radius 1 is 1.14 bits per heavy atom. The topological polar surface area (TPSA) is 83.0 Å². The van der Waals surface area contributed by atoms with E-state index in [2.05, 4.69) is 24.8 Å². The van der Waals surface area contributed by atoms with E-state index in [1.165, 1.54) is 34.9 Å². The largest absolute Gasteiger partial charge is 0.497 e. The first-order chi connectivity index (χ1) is 17.3. The summed E-state index contributed by atoms with van der Waals surface area (Å²) in [7, 11) is -2.31. The van der Waals surface area contributed by atoms with Crippen LogP contribution in [0.2, 0.25) is 0 Å². The van der Waals surface area contributed by atoms with Crippen molar-refractivity contribution in [1.82, 2.24) is 14.2 Å². The van der Waals surface area contributed by atoms with Crippen LogP contribution in [0.25, 0.3) is 10.2 Å². The van der Waals surface area contributed by atoms with Crippen molar-refractivity contribution in [2.75, 3.05) is 44.7 Å². The summed E-state index contributed by atoms with van der Waals surface area (Å²) < 4.78 is 34.6. The number of thiazole rings is 1. The molecule has 0 aliphatic carbocycles. The third-order valence-corrected chi connectivity index (χ3v) is 9.68. The summed E-state index contributed by atoms with van der Waals surface area (Å²) in [5.41, 5.74) is 1.97. The maximum absolute atomic E-state index is 14.0. The molecule has 4 rings (SSSR count). The Balaban J connectivity index is 1.66. The van der Waals surface area contributed by atoms with Crippen LogP contribution in [0.4, 0.5) is 5.13 Å². The molecule has 8 nitrogen and oxygen atoms in total. The van der Waals surface area contributed by atoms with Crippen LogP contribution in [0.1, 0.15) is 32.3 Å². The van der Waals surface area contributed by atoms with Crippen molar-refractivity contribution < 1.29 is 17.9 Å². The molecular formula is C26H34N4O4S2. The molecule has 0 N–H and O–H groups in total. The Kier molecular flexibility index (Phi) is 8.29. The first-order valence-electron chi connectivity index (χ1n) is 12.3. The predicted molar refractivity (Wildman–Crippen MR) is 144 cm³/mol. The number of hydrogen-bond donors (Lipinski definition) is 0. The van der Waals surface area contributed by atoms with Crippen molar-refractivity contribution >= 4 is 42.6 Å². The Labute approximate surface area is 217 Å². The highest BCUT2D eigenvalue weighted by atomic mass is 32.2. The Bertz CT molecular complexity index is 1300. The molecule has 1 saturated heterocycles. The number of hydrogen-bond acceptors (Lipinski definition) is 7.